The Balaban J connectivity index is 1.72. The molecule has 11 nitrogen and oxygen atoms in total. The van der Waals surface area contributed by atoms with Crippen molar-refractivity contribution in [2.45, 2.75) is 31.4 Å². The maximum atomic E-state index is 13.8. The second kappa shape index (κ2) is 8.04. The summed E-state index contributed by atoms with van der Waals surface area (Å²) >= 11 is 0. The Morgan fingerprint density at radius 1 is 1.25 bits per heavy atom. The molecule has 1 unspecified atom stereocenters. The molecule has 1 aromatic heterocycles. The molecule has 5 rings (SSSR count). The minimum atomic E-state index is -2.60. The number of primary amides is 1. The lowest BCUT2D eigenvalue weighted by molar-refractivity contribution is -0.144. The van der Waals surface area contributed by atoms with Crippen LogP contribution in [0.25, 0.3) is 11.5 Å². The van der Waals surface area contributed by atoms with Gasteiger partial charge in [-0.25, -0.2) is 4.98 Å². The molecule has 0 aliphatic heterocycles. The fourth-order valence-electron chi connectivity index (χ4n) is 5.77. The molecule has 1 aromatic carbocycles. The van der Waals surface area contributed by atoms with Crippen molar-refractivity contribution < 1.29 is 39.2 Å². The van der Waals surface area contributed by atoms with E-state index < -0.39 is 57.8 Å². The van der Waals surface area contributed by atoms with Crippen LogP contribution in [0.4, 0.5) is 0 Å². The van der Waals surface area contributed by atoms with E-state index in [1.54, 1.807) is 6.07 Å². The second-order valence-electron chi connectivity index (χ2n) is 9.77. The molecule has 36 heavy (non-hydrogen) atoms. The first-order chi connectivity index (χ1) is 17.0. The summed E-state index contributed by atoms with van der Waals surface area (Å²) in [5, 5.41) is 44.0. The molecule has 3 aliphatic rings. The molecule has 0 saturated heterocycles. The first-order valence-corrected chi connectivity index (χ1v) is 11.4. The van der Waals surface area contributed by atoms with Crippen molar-refractivity contribution in [2.24, 2.45) is 17.6 Å². The van der Waals surface area contributed by atoms with Gasteiger partial charge < -0.3 is 35.5 Å². The number of hydrogen-bond acceptors (Lipinski definition) is 10. The van der Waals surface area contributed by atoms with Gasteiger partial charge in [0.05, 0.1) is 17.3 Å². The van der Waals surface area contributed by atoms with E-state index >= 15 is 0 Å². The predicted octanol–water partition coefficient (Wildman–Crippen LogP) is 1.30. The number of Topliss-reactive ketones (excluding diaryl/α,β-unsaturated/α-hetero) is 2. The fourth-order valence-corrected chi connectivity index (χ4v) is 5.77. The lowest BCUT2D eigenvalue weighted by Crippen LogP contribution is -2.57. The van der Waals surface area contributed by atoms with Crippen LogP contribution in [0, 0.1) is 11.8 Å². The van der Waals surface area contributed by atoms with Crippen LogP contribution in [0.15, 0.2) is 45.6 Å². The second-order valence-corrected chi connectivity index (χ2v) is 9.77. The van der Waals surface area contributed by atoms with E-state index in [9.17, 15) is 34.8 Å². The molecule has 2 aromatic rings. The number of aliphatic hydroxyl groups excluding tert-OH is 2. The van der Waals surface area contributed by atoms with E-state index in [0.717, 1.165) is 5.56 Å². The third kappa shape index (κ3) is 3.20. The van der Waals surface area contributed by atoms with Crippen LogP contribution in [-0.2, 0) is 22.6 Å². The first-order valence-electron chi connectivity index (χ1n) is 11.4. The van der Waals surface area contributed by atoms with Gasteiger partial charge in [0.15, 0.2) is 11.4 Å². The van der Waals surface area contributed by atoms with Gasteiger partial charge in [-0.2, -0.15) is 0 Å². The molecule has 0 bridgehead atoms. The number of nitrogens with zero attached hydrogens (tertiary/aromatic N) is 2. The fraction of sp³-hybridized carbons (Fsp3) is 0.360. The largest absolute Gasteiger partial charge is 0.511 e. The van der Waals surface area contributed by atoms with Gasteiger partial charge in [0.25, 0.3) is 5.91 Å². The highest BCUT2D eigenvalue weighted by Crippen LogP contribution is 2.52. The molecule has 0 radical (unpaired) electrons. The number of phenolic OH excluding ortho intramolecular Hbond substituents is 1. The number of carbonyl (C=O) groups is 3. The molecule has 3 aliphatic carbocycles. The summed E-state index contributed by atoms with van der Waals surface area (Å²) < 4.78 is 5.34. The summed E-state index contributed by atoms with van der Waals surface area (Å²) in [6.45, 7) is 0.429. The van der Waals surface area contributed by atoms with Gasteiger partial charge in [-0.15, -0.1) is 0 Å². The van der Waals surface area contributed by atoms with Crippen molar-refractivity contribution in [3.8, 4) is 17.2 Å². The molecule has 11 heteroatoms. The van der Waals surface area contributed by atoms with Gasteiger partial charge in [-0.1, -0.05) is 0 Å². The normalized spacial score (nSPS) is 25.7. The average molecular weight is 495 g/mol. The summed E-state index contributed by atoms with van der Waals surface area (Å²) in [6, 6.07) is 1.71. The molecule has 0 fully saturated rings. The van der Waals surface area contributed by atoms with E-state index in [-0.39, 0.29) is 41.9 Å². The van der Waals surface area contributed by atoms with Gasteiger partial charge in [0.2, 0.25) is 11.7 Å². The number of rotatable bonds is 4. The van der Waals surface area contributed by atoms with Crippen LogP contribution < -0.4 is 5.73 Å². The van der Waals surface area contributed by atoms with Crippen LogP contribution in [0.2, 0.25) is 0 Å². The minimum Gasteiger partial charge on any atom is -0.511 e. The van der Waals surface area contributed by atoms with Crippen LogP contribution in [0.3, 0.4) is 0 Å². The highest BCUT2D eigenvalue weighted by Gasteiger charge is 2.59. The number of aromatic hydroxyl groups is 1. The number of hydrogen-bond donors (Lipinski definition) is 5. The van der Waals surface area contributed by atoms with Crippen LogP contribution in [-0.4, -0.2) is 67.5 Å². The van der Waals surface area contributed by atoms with Gasteiger partial charge in [0, 0.05) is 24.5 Å². The minimum absolute atomic E-state index is 0.0702. The Kier molecular flexibility index (Phi) is 5.31. The van der Waals surface area contributed by atoms with Crippen molar-refractivity contribution in [1.29, 1.82) is 0 Å². The van der Waals surface area contributed by atoms with Crippen molar-refractivity contribution in [2.75, 3.05) is 14.1 Å². The number of fused-ring (bicyclic) bond motifs is 3. The number of carbonyl (C=O) groups excluding carboxylic acids is 3. The number of aromatic nitrogens is 1. The Morgan fingerprint density at radius 2 is 1.97 bits per heavy atom. The first kappa shape index (κ1) is 23.8. The quantitative estimate of drug-likeness (QED) is 0.387. The SMILES string of the molecule is CN(C)Cc1cc(-c2ncco2)c(O)c2c1CC1C[C@H]3CC(O)=C(C(N)=O)C(=O)[C@@]3(O)C(O)=C1C2=O. The summed E-state index contributed by atoms with van der Waals surface area (Å²) in [7, 11) is 3.71. The van der Waals surface area contributed by atoms with E-state index in [1.807, 2.05) is 19.0 Å². The Morgan fingerprint density at radius 3 is 2.58 bits per heavy atom. The van der Waals surface area contributed by atoms with E-state index in [1.165, 1.54) is 12.5 Å². The zero-order valence-electron chi connectivity index (χ0n) is 19.6. The number of aliphatic hydroxyl groups is 3. The number of benzene rings is 1. The van der Waals surface area contributed by atoms with Gasteiger partial charge in [-0.05, 0) is 50.0 Å². The molecule has 188 valence electrons. The molecule has 0 spiro atoms. The Hall–Kier alpha value is -3.96. The van der Waals surface area contributed by atoms with E-state index in [0.29, 0.717) is 12.1 Å². The molecule has 1 heterocycles. The topological polar surface area (TPSA) is 187 Å². The zero-order valence-corrected chi connectivity index (χ0v) is 19.6. The highest BCUT2D eigenvalue weighted by molar-refractivity contribution is 6.24. The van der Waals surface area contributed by atoms with Crippen LogP contribution >= 0.6 is 0 Å². The molecule has 3 atom stereocenters. The summed E-state index contributed by atoms with van der Waals surface area (Å²) in [5.74, 6) is -6.55. The average Bonchev–Trinajstić information content (AvgIpc) is 3.32. The van der Waals surface area contributed by atoms with Crippen LogP contribution in [0.1, 0.15) is 34.3 Å². The van der Waals surface area contributed by atoms with Crippen molar-refractivity contribution in [1.82, 2.24) is 9.88 Å². The highest BCUT2D eigenvalue weighted by atomic mass is 16.4. The lowest BCUT2D eigenvalue weighted by atomic mass is 9.60. The third-order valence-electron chi connectivity index (χ3n) is 7.30. The predicted molar refractivity (Wildman–Crippen MR) is 124 cm³/mol. The van der Waals surface area contributed by atoms with Crippen molar-refractivity contribution in [3.05, 3.63) is 57.9 Å². The summed E-state index contributed by atoms with van der Waals surface area (Å²) in [6.07, 6.45) is 2.77. The number of nitrogens with two attached hydrogens (primary N) is 1. The smallest absolute Gasteiger partial charge is 0.255 e. The van der Waals surface area contributed by atoms with E-state index in [4.69, 9.17) is 10.2 Å². The monoisotopic (exact) mass is 495 g/mol. The number of phenols is 1. The van der Waals surface area contributed by atoms with Crippen molar-refractivity contribution in [3.63, 3.8) is 0 Å². The zero-order chi connectivity index (χ0) is 26.1. The number of ketones is 2. The van der Waals surface area contributed by atoms with Gasteiger partial charge in [-0.3, -0.25) is 14.4 Å². The standard InChI is InChI=1S/C25H25N3O8/c1-28(2)9-11-7-14(24-27-3-4-36-24)19(30)17-13(11)6-10-5-12-8-15(29)18(23(26)34)22(33)25(12,35)21(32)16(10)20(17)31/h3-4,7,10,12,29-30,32,35H,5-6,8-9H2,1-2H3,(H2,26,34)/t10?,12-,25-/m0/s1. The molecular formula is C25H25N3O8. The van der Waals surface area contributed by atoms with Crippen LogP contribution in [0.5, 0.6) is 5.75 Å². The lowest BCUT2D eigenvalue weighted by Gasteiger charge is -2.45. The summed E-state index contributed by atoms with van der Waals surface area (Å²) in [5.41, 5.74) is 3.06. The van der Waals surface area contributed by atoms with Crippen molar-refractivity contribution >= 4 is 17.5 Å². The maximum Gasteiger partial charge on any atom is 0.255 e. The number of amides is 1. The number of allylic oxidation sites excluding steroid dienone is 2. The maximum absolute atomic E-state index is 13.8. The Bertz CT molecular complexity index is 1390. The molecule has 0 saturated carbocycles. The molecule has 6 N–H and O–H groups in total. The van der Waals surface area contributed by atoms with Gasteiger partial charge in [0.1, 0.15) is 29.1 Å². The van der Waals surface area contributed by atoms with Gasteiger partial charge >= 0.3 is 0 Å². The summed E-state index contributed by atoms with van der Waals surface area (Å²) in [4.78, 5) is 44.7. The third-order valence-corrected chi connectivity index (χ3v) is 7.30. The molecule has 1 amide bonds. The number of oxazole rings is 1. The van der Waals surface area contributed by atoms with E-state index in [2.05, 4.69) is 4.98 Å². The molecular weight excluding hydrogens is 470 g/mol. The Labute approximate surface area is 205 Å².